The minimum Gasteiger partial charge on any atom is -0.235 e. The van der Waals surface area contributed by atoms with Crippen LogP contribution in [-0.2, 0) is 0 Å². The zero-order valence-corrected chi connectivity index (χ0v) is 10.5. The maximum atomic E-state index is 10.6. The average molecular weight is 254 g/mol. The van der Waals surface area contributed by atoms with Crippen molar-refractivity contribution < 1.29 is 5.03 Å². The number of hydrogen-bond acceptors (Lipinski definition) is 2. The van der Waals surface area contributed by atoms with Crippen LogP contribution in [-0.4, -0.2) is 5.03 Å². The molecule has 4 heteroatoms. The number of hydrogen-bond donors (Lipinski definition) is 1. The molecule has 0 unspecified atom stereocenters. The maximum Gasteiger partial charge on any atom is 0.162 e. The van der Waals surface area contributed by atoms with Crippen LogP contribution in [0, 0.1) is 10.1 Å². The Labute approximate surface area is 111 Å². The van der Waals surface area contributed by atoms with Gasteiger partial charge in [0.05, 0.1) is 5.70 Å². The second-order valence-electron chi connectivity index (χ2n) is 4.10. The predicted molar refractivity (Wildman–Crippen MR) is 74.7 cm³/mol. The quantitative estimate of drug-likeness (QED) is 0.673. The Morgan fingerprint density at radius 3 is 1.74 bits per heavy atom. The Morgan fingerprint density at radius 2 is 1.37 bits per heavy atom. The first-order valence-electron chi connectivity index (χ1n) is 5.91. The van der Waals surface area contributed by atoms with Crippen LogP contribution in [0.4, 0.5) is 0 Å². The van der Waals surface area contributed by atoms with E-state index in [1.165, 1.54) is 0 Å². The molecule has 0 aliphatic rings. The van der Waals surface area contributed by atoms with E-state index in [0.29, 0.717) is 5.70 Å². The Kier molecular flexibility index (Phi) is 3.93. The third-order valence-electron chi connectivity index (χ3n) is 2.76. The summed E-state index contributed by atoms with van der Waals surface area (Å²) in [6.45, 7) is 1.71. The van der Waals surface area contributed by atoms with E-state index >= 15 is 0 Å². The number of nitrogens with zero attached hydrogens (tertiary/aromatic N) is 1. The minimum atomic E-state index is -0.540. The van der Waals surface area contributed by atoms with Crippen LogP contribution in [0.1, 0.15) is 18.1 Å². The van der Waals surface area contributed by atoms with Crippen LogP contribution < -0.4 is 5.43 Å². The molecule has 0 aliphatic heterocycles. The highest BCUT2D eigenvalue weighted by atomic mass is 16.7. The molecule has 0 aliphatic carbocycles. The molecule has 0 heterocycles. The van der Waals surface area contributed by atoms with E-state index in [1.807, 2.05) is 60.7 Å². The van der Waals surface area contributed by atoms with Crippen molar-refractivity contribution in [1.29, 1.82) is 0 Å². The van der Waals surface area contributed by atoms with Crippen LogP contribution in [0.2, 0.25) is 0 Å². The van der Waals surface area contributed by atoms with Crippen LogP contribution in [0.15, 0.2) is 66.4 Å². The molecule has 0 saturated carbocycles. The van der Waals surface area contributed by atoms with Crippen LogP contribution >= 0.6 is 0 Å². The highest BCUT2D eigenvalue weighted by Gasteiger charge is 2.11. The van der Waals surface area contributed by atoms with Gasteiger partial charge in [0, 0.05) is 5.57 Å². The first kappa shape index (κ1) is 12.8. The second kappa shape index (κ2) is 5.82. The van der Waals surface area contributed by atoms with Gasteiger partial charge in [-0.05, 0) is 18.1 Å². The lowest BCUT2D eigenvalue weighted by Crippen LogP contribution is -2.20. The van der Waals surface area contributed by atoms with Crippen molar-refractivity contribution in [2.24, 2.45) is 0 Å². The third kappa shape index (κ3) is 3.19. The van der Waals surface area contributed by atoms with Crippen molar-refractivity contribution in [1.82, 2.24) is 5.43 Å². The van der Waals surface area contributed by atoms with Crippen LogP contribution in [0.5, 0.6) is 0 Å². The van der Waals surface area contributed by atoms with Crippen LogP contribution in [0.25, 0.3) is 5.57 Å². The second-order valence-corrected chi connectivity index (χ2v) is 4.10. The van der Waals surface area contributed by atoms with Gasteiger partial charge in [-0.3, -0.25) is 0 Å². The van der Waals surface area contributed by atoms with Gasteiger partial charge in [-0.1, -0.05) is 60.7 Å². The number of nitrogens with one attached hydrogen (secondary N) is 1. The van der Waals surface area contributed by atoms with Gasteiger partial charge in [-0.25, -0.2) is 10.1 Å². The standard InChI is InChI=1S/C15H14N2O2/c1-12(16-17(18)19)15(13-8-4-2-5-9-13)14-10-6-3-7-11-14/h2-11,16H,1H3. The lowest BCUT2D eigenvalue weighted by molar-refractivity contribution is -0.535. The van der Waals surface area contributed by atoms with Crippen LogP contribution in [0.3, 0.4) is 0 Å². The molecule has 1 N–H and O–H groups in total. The van der Waals surface area contributed by atoms with E-state index < -0.39 is 5.03 Å². The molecular formula is C15H14N2O2. The molecule has 0 radical (unpaired) electrons. The van der Waals surface area contributed by atoms with Gasteiger partial charge in [0.15, 0.2) is 5.03 Å². The highest BCUT2D eigenvalue weighted by Crippen LogP contribution is 2.25. The zero-order valence-electron chi connectivity index (χ0n) is 10.5. The summed E-state index contributed by atoms with van der Waals surface area (Å²) in [5.74, 6) is 0. The molecule has 0 atom stereocenters. The summed E-state index contributed by atoms with van der Waals surface area (Å²) < 4.78 is 0. The molecule has 0 spiro atoms. The van der Waals surface area contributed by atoms with E-state index in [1.54, 1.807) is 6.92 Å². The molecule has 2 aromatic rings. The first-order chi connectivity index (χ1) is 9.18. The third-order valence-corrected chi connectivity index (χ3v) is 2.76. The zero-order chi connectivity index (χ0) is 13.7. The lowest BCUT2D eigenvalue weighted by atomic mass is 9.96. The summed E-state index contributed by atoms with van der Waals surface area (Å²) in [6, 6.07) is 19.2. The summed E-state index contributed by atoms with van der Waals surface area (Å²) in [6.07, 6.45) is 0. The molecule has 0 amide bonds. The van der Waals surface area contributed by atoms with E-state index in [4.69, 9.17) is 0 Å². The molecule has 0 bridgehead atoms. The van der Waals surface area contributed by atoms with Crippen molar-refractivity contribution in [3.05, 3.63) is 87.6 Å². The van der Waals surface area contributed by atoms with Gasteiger partial charge in [-0.2, -0.15) is 0 Å². The number of nitro groups is 1. The number of benzene rings is 2. The van der Waals surface area contributed by atoms with Gasteiger partial charge in [0.1, 0.15) is 0 Å². The molecule has 0 saturated heterocycles. The lowest BCUT2D eigenvalue weighted by Gasteiger charge is -2.11. The van der Waals surface area contributed by atoms with Crippen molar-refractivity contribution in [2.75, 3.05) is 0 Å². The van der Waals surface area contributed by atoms with Crippen molar-refractivity contribution in [3.8, 4) is 0 Å². The number of hydrazine groups is 1. The number of allylic oxidation sites excluding steroid dienone is 1. The summed E-state index contributed by atoms with van der Waals surface area (Å²) in [4.78, 5) is 10.6. The van der Waals surface area contributed by atoms with E-state index in [9.17, 15) is 10.1 Å². The van der Waals surface area contributed by atoms with E-state index in [0.717, 1.165) is 16.7 Å². The summed E-state index contributed by atoms with van der Waals surface area (Å²) >= 11 is 0. The molecule has 19 heavy (non-hydrogen) atoms. The summed E-state index contributed by atoms with van der Waals surface area (Å²) in [5.41, 5.74) is 5.48. The van der Waals surface area contributed by atoms with Crippen molar-refractivity contribution in [2.45, 2.75) is 6.92 Å². The average Bonchev–Trinajstić information content (AvgIpc) is 2.40. The summed E-state index contributed by atoms with van der Waals surface area (Å²) in [7, 11) is 0. The maximum absolute atomic E-state index is 10.6. The fraction of sp³-hybridized carbons (Fsp3) is 0.0667. The topological polar surface area (TPSA) is 55.2 Å². The van der Waals surface area contributed by atoms with Crippen molar-refractivity contribution in [3.63, 3.8) is 0 Å². The van der Waals surface area contributed by atoms with Gasteiger partial charge >= 0.3 is 0 Å². The molecule has 2 aromatic carbocycles. The molecule has 0 aromatic heterocycles. The number of rotatable bonds is 4. The normalized spacial score (nSPS) is 9.74. The minimum absolute atomic E-state index is 0.516. The summed E-state index contributed by atoms with van der Waals surface area (Å²) in [5, 5.41) is 10.1. The predicted octanol–water partition coefficient (Wildman–Crippen LogP) is 3.25. The van der Waals surface area contributed by atoms with E-state index in [-0.39, 0.29) is 0 Å². The highest BCUT2D eigenvalue weighted by molar-refractivity contribution is 5.81. The van der Waals surface area contributed by atoms with Gasteiger partial charge in [0.25, 0.3) is 0 Å². The monoisotopic (exact) mass is 254 g/mol. The molecule has 96 valence electrons. The molecule has 4 nitrogen and oxygen atoms in total. The fourth-order valence-electron chi connectivity index (χ4n) is 2.00. The largest absolute Gasteiger partial charge is 0.235 e. The van der Waals surface area contributed by atoms with Gasteiger partial charge < -0.3 is 0 Å². The Hall–Kier alpha value is -2.62. The van der Waals surface area contributed by atoms with Gasteiger partial charge in [0.2, 0.25) is 0 Å². The molecule has 2 rings (SSSR count). The Morgan fingerprint density at radius 1 is 0.947 bits per heavy atom. The molecule has 0 fully saturated rings. The van der Waals surface area contributed by atoms with Gasteiger partial charge in [-0.15, -0.1) is 5.43 Å². The van der Waals surface area contributed by atoms with Crippen molar-refractivity contribution >= 4 is 5.57 Å². The smallest absolute Gasteiger partial charge is 0.162 e. The Balaban J connectivity index is 2.55. The first-order valence-corrected chi connectivity index (χ1v) is 5.91. The Bertz CT molecular complexity index is 551. The van der Waals surface area contributed by atoms with E-state index in [2.05, 4.69) is 5.43 Å². The SMILES string of the molecule is CC(N[N+](=O)[O-])=C(c1ccccc1)c1ccccc1. The fourth-order valence-corrected chi connectivity index (χ4v) is 2.00. The molecular weight excluding hydrogens is 240 g/mol.